The van der Waals surface area contributed by atoms with E-state index in [9.17, 15) is 0 Å². The molecule has 1 heterocycles. The molecule has 9 heavy (non-hydrogen) atoms. The van der Waals surface area contributed by atoms with Gasteiger partial charge in [-0.25, -0.2) is 0 Å². The van der Waals surface area contributed by atoms with Crippen molar-refractivity contribution in [3.8, 4) is 6.07 Å². The van der Waals surface area contributed by atoms with Crippen LogP contribution in [-0.2, 0) is 4.74 Å². The highest BCUT2D eigenvalue weighted by molar-refractivity contribution is 4.92. The second-order valence-corrected chi connectivity index (χ2v) is 2.62. The van der Waals surface area contributed by atoms with Gasteiger partial charge in [0, 0.05) is 0 Å². The summed E-state index contributed by atoms with van der Waals surface area (Å²) in [6.45, 7) is 3.96. The van der Waals surface area contributed by atoms with Gasteiger partial charge in [-0.2, -0.15) is 5.26 Å². The highest BCUT2D eigenvalue weighted by Crippen LogP contribution is 2.24. The molecular weight excluding hydrogens is 114 g/mol. The largest absolute Gasteiger partial charge is 0.374 e. The molecule has 1 aliphatic rings. The fourth-order valence-corrected chi connectivity index (χ4v) is 1.22. The number of rotatable bonds is 0. The molecule has 0 aromatic rings. The molecule has 0 aromatic heterocycles. The SMILES string of the molecule is CC1CC(C#N)C(C)O1. The van der Waals surface area contributed by atoms with Gasteiger partial charge in [0.25, 0.3) is 0 Å². The van der Waals surface area contributed by atoms with Crippen molar-refractivity contribution in [2.24, 2.45) is 5.92 Å². The number of hydrogen-bond donors (Lipinski definition) is 0. The van der Waals surface area contributed by atoms with Crippen LogP contribution in [0.25, 0.3) is 0 Å². The van der Waals surface area contributed by atoms with E-state index in [1.807, 2.05) is 13.8 Å². The third kappa shape index (κ3) is 1.22. The van der Waals surface area contributed by atoms with Gasteiger partial charge < -0.3 is 4.74 Å². The summed E-state index contributed by atoms with van der Waals surface area (Å²) in [6.07, 6.45) is 1.33. The van der Waals surface area contributed by atoms with Crippen LogP contribution in [0.3, 0.4) is 0 Å². The average molecular weight is 125 g/mol. The molecule has 2 nitrogen and oxygen atoms in total. The maximum absolute atomic E-state index is 8.52. The van der Waals surface area contributed by atoms with Crippen LogP contribution >= 0.6 is 0 Å². The number of nitrogens with zero attached hydrogens (tertiary/aromatic N) is 1. The van der Waals surface area contributed by atoms with Crippen LogP contribution in [0.1, 0.15) is 20.3 Å². The zero-order valence-electron chi connectivity index (χ0n) is 5.79. The Balaban J connectivity index is 2.50. The van der Waals surface area contributed by atoms with Crippen LogP contribution in [0.15, 0.2) is 0 Å². The topological polar surface area (TPSA) is 33.0 Å². The summed E-state index contributed by atoms with van der Waals surface area (Å²) < 4.78 is 5.34. The molecule has 3 unspecified atom stereocenters. The lowest BCUT2D eigenvalue weighted by molar-refractivity contribution is 0.0613. The molecule has 0 bridgehead atoms. The minimum absolute atomic E-state index is 0.125. The Bertz CT molecular complexity index is 138. The molecule has 0 N–H and O–H groups in total. The van der Waals surface area contributed by atoms with Crippen LogP contribution < -0.4 is 0 Å². The molecule has 0 aromatic carbocycles. The van der Waals surface area contributed by atoms with Crippen molar-refractivity contribution in [2.75, 3.05) is 0 Å². The zero-order chi connectivity index (χ0) is 6.85. The zero-order valence-corrected chi connectivity index (χ0v) is 5.79. The Labute approximate surface area is 55.4 Å². The predicted molar refractivity (Wildman–Crippen MR) is 33.7 cm³/mol. The maximum Gasteiger partial charge on any atom is 0.0747 e. The fraction of sp³-hybridized carbons (Fsp3) is 0.857. The quantitative estimate of drug-likeness (QED) is 0.489. The van der Waals surface area contributed by atoms with Gasteiger partial charge in [0.1, 0.15) is 0 Å². The van der Waals surface area contributed by atoms with Gasteiger partial charge in [-0.05, 0) is 20.3 Å². The Kier molecular flexibility index (Phi) is 1.73. The lowest BCUT2D eigenvalue weighted by atomic mass is 10.0. The van der Waals surface area contributed by atoms with Crippen molar-refractivity contribution in [3.05, 3.63) is 0 Å². The van der Waals surface area contributed by atoms with E-state index in [0.717, 1.165) is 6.42 Å². The molecule has 1 fully saturated rings. The molecule has 2 heteroatoms. The van der Waals surface area contributed by atoms with Crippen molar-refractivity contribution in [2.45, 2.75) is 32.5 Å². The van der Waals surface area contributed by atoms with Crippen molar-refractivity contribution >= 4 is 0 Å². The average Bonchev–Trinajstić information content (AvgIpc) is 2.10. The molecule has 0 aliphatic carbocycles. The first-order valence-corrected chi connectivity index (χ1v) is 3.29. The van der Waals surface area contributed by atoms with E-state index in [0.29, 0.717) is 0 Å². The van der Waals surface area contributed by atoms with E-state index >= 15 is 0 Å². The predicted octanol–water partition coefficient (Wildman–Crippen LogP) is 1.32. The van der Waals surface area contributed by atoms with Gasteiger partial charge in [-0.15, -0.1) is 0 Å². The molecule has 0 radical (unpaired) electrons. The molecule has 0 saturated carbocycles. The molecular formula is C7H11NO. The Morgan fingerprint density at radius 2 is 2.22 bits per heavy atom. The smallest absolute Gasteiger partial charge is 0.0747 e. The minimum atomic E-state index is 0.125. The molecule has 1 aliphatic heterocycles. The standard InChI is InChI=1S/C7H11NO/c1-5-3-7(4-8)6(2)9-5/h5-7H,3H2,1-2H3. The maximum atomic E-state index is 8.52. The summed E-state index contributed by atoms with van der Waals surface area (Å²) in [7, 11) is 0. The van der Waals surface area contributed by atoms with Crippen LogP contribution in [0.5, 0.6) is 0 Å². The number of ether oxygens (including phenoxy) is 1. The highest BCUT2D eigenvalue weighted by atomic mass is 16.5. The van der Waals surface area contributed by atoms with Crippen molar-refractivity contribution in [1.82, 2.24) is 0 Å². The van der Waals surface area contributed by atoms with Gasteiger partial charge in [-0.3, -0.25) is 0 Å². The summed E-state index contributed by atoms with van der Waals surface area (Å²) in [5.74, 6) is 0.125. The van der Waals surface area contributed by atoms with E-state index in [1.54, 1.807) is 0 Å². The monoisotopic (exact) mass is 125 g/mol. The van der Waals surface area contributed by atoms with E-state index in [2.05, 4.69) is 6.07 Å². The summed E-state index contributed by atoms with van der Waals surface area (Å²) in [4.78, 5) is 0. The van der Waals surface area contributed by atoms with E-state index in [4.69, 9.17) is 10.00 Å². The van der Waals surface area contributed by atoms with E-state index < -0.39 is 0 Å². The lowest BCUT2D eigenvalue weighted by Gasteiger charge is -2.03. The van der Waals surface area contributed by atoms with Crippen molar-refractivity contribution in [1.29, 1.82) is 5.26 Å². The second-order valence-electron chi connectivity index (χ2n) is 2.62. The summed E-state index contributed by atoms with van der Waals surface area (Å²) >= 11 is 0. The van der Waals surface area contributed by atoms with E-state index in [1.165, 1.54) is 0 Å². The normalized spacial score (nSPS) is 42.6. The first kappa shape index (κ1) is 6.57. The van der Waals surface area contributed by atoms with Gasteiger partial charge in [-0.1, -0.05) is 0 Å². The highest BCUT2D eigenvalue weighted by Gasteiger charge is 2.28. The molecule has 0 amide bonds. The van der Waals surface area contributed by atoms with Gasteiger partial charge >= 0.3 is 0 Å². The van der Waals surface area contributed by atoms with Crippen LogP contribution in [0, 0.1) is 17.2 Å². The van der Waals surface area contributed by atoms with Gasteiger partial charge in [0.15, 0.2) is 0 Å². The van der Waals surface area contributed by atoms with Gasteiger partial charge in [0.05, 0.1) is 24.2 Å². The van der Waals surface area contributed by atoms with Crippen LogP contribution in [0.4, 0.5) is 0 Å². The van der Waals surface area contributed by atoms with Crippen molar-refractivity contribution < 1.29 is 4.74 Å². The molecule has 3 atom stereocenters. The number of hydrogen-bond acceptors (Lipinski definition) is 2. The molecule has 1 saturated heterocycles. The minimum Gasteiger partial charge on any atom is -0.374 e. The van der Waals surface area contributed by atoms with Gasteiger partial charge in [0.2, 0.25) is 0 Å². The van der Waals surface area contributed by atoms with Crippen LogP contribution in [-0.4, -0.2) is 12.2 Å². The Hall–Kier alpha value is -0.550. The fourth-order valence-electron chi connectivity index (χ4n) is 1.22. The Morgan fingerprint density at radius 3 is 2.44 bits per heavy atom. The first-order chi connectivity index (χ1) is 4.24. The van der Waals surface area contributed by atoms with E-state index in [-0.39, 0.29) is 18.1 Å². The molecule has 50 valence electrons. The molecule has 0 spiro atoms. The Morgan fingerprint density at radius 1 is 1.56 bits per heavy atom. The third-order valence-corrected chi connectivity index (χ3v) is 1.77. The second kappa shape index (κ2) is 2.36. The first-order valence-electron chi connectivity index (χ1n) is 3.29. The van der Waals surface area contributed by atoms with Crippen molar-refractivity contribution in [3.63, 3.8) is 0 Å². The number of nitriles is 1. The third-order valence-electron chi connectivity index (χ3n) is 1.77. The molecule has 1 rings (SSSR count). The summed E-state index contributed by atoms with van der Waals surface area (Å²) in [5, 5.41) is 8.52. The lowest BCUT2D eigenvalue weighted by Crippen LogP contribution is -2.08. The summed E-state index contributed by atoms with van der Waals surface area (Å²) in [5.41, 5.74) is 0. The summed E-state index contributed by atoms with van der Waals surface area (Å²) in [6, 6.07) is 2.22. The van der Waals surface area contributed by atoms with Crippen LogP contribution in [0.2, 0.25) is 0 Å².